The predicted molar refractivity (Wildman–Crippen MR) is 64.0 cm³/mol. The molecule has 0 aromatic carbocycles. The second-order valence-electron chi connectivity index (χ2n) is 4.35. The number of nitrogens with one attached hydrogen (secondary N) is 3. The highest BCUT2D eigenvalue weighted by Gasteiger charge is 2.23. The zero-order chi connectivity index (χ0) is 13.5. The van der Waals surface area contributed by atoms with Crippen molar-refractivity contribution in [2.75, 3.05) is 6.54 Å². The van der Waals surface area contributed by atoms with Gasteiger partial charge >= 0.3 is 12.0 Å². The SMILES string of the molecule is CCC[C@H](NC(=O)NCC(=O)NC1CC1)C(=O)O. The fraction of sp³-hybridized carbons (Fsp3) is 0.727. The van der Waals surface area contributed by atoms with Crippen molar-refractivity contribution in [3.63, 3.8) is 0 Å². The van der Waals surface area contributed by atoms with Crippen LogP contribution in [0.15, 0.2) is 0 Å². The smallest absolute Gasteiger partial charge is 0.326 e. The number of amides is 3. The molecule has 0 aliphatic heterocycles. The van der Waals surface area contributed by atoms with Crippen LogP contribution in [0.1, 0.15) is 32.6 Å². The van der Waals surface area contributed by atoms with E-state index in [0.717, 1.165) is 12.8 Å². The van der Waals surface area contributed by atoms with Gasteiger partial charge in [-0.15, -0.1) is 0 Å². The van der Waals surface area contributed by atoms with Gasteiger partial charge in [0.05, 0.1) is 6.54 Å². The minimum absolute atomic E-state index is 0.138. The Morgan fingerprint density at radius 2 is 2.00 bits per heavy atom. The molecular weight excluding hydrogens is 238 g/mol. The van der Waals surface area contributed by atoms with E-state index < -0.39 is 18.0 Å². The maximum atomic E-state index is 11.4. The highest BCUT2D eigenvalue weighted by Crippen LogP contribution is 2.18. The first-order valence-corrected chi connectivity index (χ1v) is 6.09. The van der Waals surface area contributed by atoms with Crippen molar-refractivity contribution in [2.24, 2.45) is 0 Å². The molecule has 0 spiro atoms. The van der Waals surface area contributed by atoms with E-state index in [-0.39, 0.29) is 18.5 Å². The number of carboxylic acid groups (broad SMARTS) is 1. The van der Waals surface area contributed by atoms with Crippen LogP contribution in [0.3, 0.4) is 0 Å². The van der Waals surface area contributed by atoms with Crippen LogP contribution in [0, 0.1) is 0 Å². The average molecular weight is 257 g/mol. The molecule has 18 heavy (non-hydrogen) atoms. The van der Waals surface area contributed by atoms with Crippen molar-refractivity contribution in [1.29, 1.82) is 0 Å². The highest BCUT2D eigenvalue weighted by atomic mass is 16.4. The van der Waals surface area contributed by atoms with Gasteiger partial charge in [0.15, 0.2) is 0 Å². The van der Waals surface area contributed by atoms with Crippen LogP contribution in [0.25, 0.3) is 0 Å². The van der Waals surface area contributed by atoms with Crippen LogP contribution in [0.4, 0.5) is 4.79 Å². The lowest BCUT2D eigenvalue weighted by molar-refractivity contribution is -0.139. The van der Waals surface area contributed by atoms with Gasteiger partial charge in [-0.05, 0) is 19.3 Å². The van der Waals surface area contributed by atoms with Crippen LogP contribution >= 0.6 is 0 Å². The normalized spacial score (nSPS) is 15.6. The average Bonchev–Trinajstić information content (AvgIpc) is 3.09. The molecule has 1 saturated carbocycles. The van der Waals surface area contributed by atoms with E-state index in [2.05, 4.69) is 16.0 Å². The second-order valence-corrected chi connectivity index (χ2v) is 4.35. The first kappa shape index (κ1) is 14.3. The van der Waals surface area contributed by atoms with Gasteiger partial charge in [0, 0.05) is 6.04 Å². The number of hydrogen-bond acceptors (Lipinski definition) is 3. The van der Waals surface area contributed by atoms with Gasteiger partial charge in [-0.1, -0.05) is 13.3 Å². The van der Waals surface area contributed by atoms with Crippen LogP contribution < -0.4 is 16.0 Å². The fourth-order valence-corrected chi connectivity index (χ4v) is 1.42. The molecule has 1 atom stereocenters. The molecule has 7 heteroatoms. The van der Waals surface area contributed by atoms with Gasteiger partial charge in [-0.3, -0.25) is 4.79 Å². The Hall–Kier alpha value is -1.79. The molecule has 0 radical (unpaired) electrons. The van der Waals surface area contributed by atoms with Gasteiger partial charge < -0.3 is 21.1 Å². The zero-order valence-electron chi connectivity index (χ0n) is 10.4. The lowest BCUT2D eigenvalue weighted by Gasteiger charge is -2.14. The van der Waals surface area contributed by atoms with Gasteiger partial charge in [-0.2, -0.15) is 0 Å². The van der Waals surface area contributed by atoms with Crippen molar-refractivity contribution < 1.29 is 19.5 Å². The Morgan fingerprint density at radius 1 is 1.33 bits per heavy atom. The summed E-state index contributed by atoms with van der Waals surface area (Å²) >= 11 is 0. The van der Waals surface area contributed by atoms with E-state index in [1.54, 1.807) is 0 Å². The summed E-state index contributed by atoms with van der Waals surface area (Å²) in [5.74, 6) is -1.33. The van der Waals surface area contributed by atoms with Gasteiger partial charge in [0.25, 0.3) is 0 Å². The van der Waals surface area contributed by atoms with Crippen molar-refractivity contribution in [2.45, 2.75) is 44.7 Å². The Balaban J connectivity index is 2.21. The number of carboxylic acids is 1. The number of carbonyl (C=O) groups is 3. The fourth-order valence-electron chi connectivity index (χ4n) is 1.42. The van der Waals surface area contributed by atoms with Gasteiger partial charge in [0.2, 0.25) is 5.91 Å². The standard InChI is InChI=1S/C11H19N3O4/c1-2-3-8(10(16)17)14-11(18)12-6-9(15)13-7-4-5-7/h7-8H,2-6H2,1H3,(H,13,15)(H,16,17)(H2,12,14,18)/t8-/m0/s1. The maximum Gasteiger partial charge on any atom is 0.326 e. The summed E-state index contributed by atoms with van der Waals surface area (Å²) < 4.78 is 0. The monoisotopic (exact) mass is 257 g/mol. The third-order valence-electron chi connectivity index (χ3n) is 2.53. The first-order chi connectivity index (χ1) is 8.52. The van der Waals surface area contributed by atoms with E-state index in [1.165, 1.54) is 0 Å². The molecular formula is C11H19N3O4. The molecule has 0 unspecified atom stereocenters. The quantitative estimate of drug-likeness (QED) is 0.507. The number of hydrogen-bond donors (Lipinski definition) is 4. The summed E-state index contributed by atoms with van der Waals surface area (Å²) in [4.78, 5) is 33.4. The highest BCUT2D eigenvalue weighted by molar-refractivity contribution is 5.86. The predicted octanol–water partition coefficient (Wildman–Crippen LogP) is -0.182. The van der Waals surface area contributed by atoms with Crippen LogP contribution in [-0.4, -0.2) is 41.6 Å². The summed E-state index contributed by atoms with van der Waals surface area (Å²) in [7, 11) is 0. The molecule has 0 aromatic rings. The minimum atomic E-state index is -1.07. The topological polar surface area (TPSA) is 108 Å². The molecule has 1 aliphatic carbocycles. The molecule has 0 heterocycles. The number of rotatable bonds is 7. The van der Waals surface area contributed by atoms with E-state index in [9.17, 15) is 14.4 Å². The third-order valence-corrected chi connectivity index (χ3v) is 2.53. The van der Waals surface area contributed by atoms with Crippen molar-refractivity contribution in [1.82, 2.24) is 16.0 Å². The van der Waals surface area contributed by atoms with Crippen LogP contribution in [0.5, 0.6) is 0 Å². The number of urea groups is 1. The molecule has 0 saturated heterocycles. The summed E-state index contributed by atoms with van der Waals surface area (Å²) in [6, 6.07) is -1.31. The van der Waals surface area contributed by atoms with Crippen LogP contribution in [0.2, 0.25) is 0 Å². The van der Waals surface area contributed by atoms with Crippen molar-refractivity contribution in [3.05, 3.63) is 0 Å². The van der Waals surface area contributed by atoms with E-state index >= 15 is 0 Å². The Morgan fingerprint density at radius 3 is 2.50 bits per heavy atom. The largest absolute Gasteiger partial charge is 0.480 e. The summed E-state index contributed by atoms with van der Waals surface area (Å²) in [5, 5.41) is 16.2. The van der Waals surface area contributed by atoms with Crippen LogP contribution in [-0.2, 0) is 9.59 Å². The molecule has 1 fully saturated rings. The first-order valence-electron chi connectivity index (χ1n) is 6.09. The van der Waals surface area contributed by atoms with Crippen molar-refractivity contribution >= 4 is 17.9 Å². The molecule has 102 valence electrons. The van der Waals surface area contributed by atoms with E-state index in [0.29, 0.717) is 12.8 Å². The lowest BCUT2D eigenvalue weighted by Crippen LogP contribution is -2.48. The second kappa shape index (κ2) is 6.83. The number of aliphatic carboxylic acids is 1. The lowest BCUT2D eigenvalue weighted by atomic mass is 10.2. The summed E-state index contributed by atoms with van der Waals surface area (Å²) in [6.45, 7) is 1.69. The van der Waals surface area contributed by atoms with E-state index in [1.807, 2.05) is 6.92 Å². The van der Waals surface area contributed by atoms with Crippen molar-refractivity contribution in [3.8, 4) is 0 Å². The molecule has 0 aromatic heterocycles. The molecule has 3 amide bonds. The van der Waals surface area contributed by atoms with Gasteiger partial charge in [0.1, 0.15) is 6.04 Å². The Bertz CT molecular complexity index is 328. The van der Waals surface area contributed by atoms with Gasteiger partial charge in [-0.25, -0.2) is 9.59 Å². The zero-order valence-corrected chi connectivity index (χ0v) is 10.4. The number of carbonyl (C=O) groups excluding carboxylic acids is 2. The Labute approximate surface area is 105 Å². The maximum absolute atomic E-state index is 11.4. The molecule has 1 rings (SSSR count). The molecule has 0 bridgehead atoms. The molecule has 1 aliphatic rings. The summed E-state index contributed by atoms with van der Waals surface area (Å²) in [5.41, 5.74) is 0. The summed E-state index contributed by atoms with van der Waals surface area (Å²) in [6.07, 6.45) is 2.97. The third kappa shape index (κ3) is 5.51. The molecule has 7 nitrogen and oxygen atoms in total. The Kier molecular flexibility index (Phi) is 5.41. The van der Waals surface area contributed by atoms with E-state index in [4.69, 9.17) is 5.11 Å². The molecule has 4 N–H and O–H groups in total. The minimum Gasteiger partial charge on any atom is -0.480 e.